The summed E-state index contributed by atoms with van der Waals surface area (Å²) in [5, 5.41) is 20.0. The molecule has 5 atom stereocenters. The summed E-state index contributed by atoms with van der Waals surface area (Å²) in [6, 6.07) is 3.36. The number of rotatable bonds is 21. The highest BCUT2D eigenvalue weighted by molar-refractivity contribution is 7.80. The van der Waals surface area contributed by atoms with Crippen molar-refractivity contribution in [2.75, 3.05) is 18.8 Å². The van der Waals surface area contributed by atoms with Crippen LogP contribution in [0.4, 0.5) is 0 Å². The van der Waals surface area contributed by atoms with E-state index in [0.29, 0.717) is 24.9 Å². The van der Waals surface area contributed by atoms with E-state index in [1.54, 1.807) is 44.2 Å². The topological polar surface area (TPSA) is 270 Å². The number of aliphatic imine (C=N–C) groups is 1. The summed E-state index contributed by atoms with van der Waals surface area (Å²) in [5.74, 6) is -4.28. The minimum atomic E-state index is -1.27. The molecule has 0 aliphatic carbocycles. The Bertz CT molecular complexity index is 1130. The SMILES string of the molecule is CC(C)[C@H](N)C(=O)N[C@@H](CCCCN)C(=O)N[C@@H](CS)C(=O)N[C@@H](Cc1ccccc1)C(=O)N[C@@H](CCCN=C(N)N)C(=O)O. The molecule has 1 rings (SSSR count). The lowest BCUT2D eigenvalue weighted by Crippen LogP contribution is -2.59. The van der Waals surface area contributed by atoms with Crippen LogP contribution in [0.1, 0.15) is 51.5 Å². The molecule has 1 aromatic rings. The summed E-state index contributed by atoms with van der Waals surface area (Å²) in [4.78, 5) is 68.3. The van der Waals surface area contributed by atoms with Crippen LogP contribution < -0.4 is 44.2 Å². The Kier molecular flexibility index (Phi) is 18.2. The number of carbonyl (C=O) groups is 5. The van der Waals surface area contributed by atoms with E-state index < -0.39 is 59.8 Å². The van der Waals surface area contributed by atoms with Crippen LogP contribution in [0.3, 0.4) is 0 Å². The van der Waals surface area contributed by atoms with E-state index in [9.17, 15) is 29.1 Å². The summed E-state index contributed by atoms with van der Waals surface area (Å²) < 4.78 is 0. The van der Waals surface area contributed by atoms with Crippen molar-refractivity contribution in [1.29, 1.82) is 0 Å². The second-order valence-electron chi connectivity index (χ2n) is 11.0. The van der Waals surface area contributed by atoms with Gasteiger partial charge in [-0.2, -0.15) is 12.6 Å². The molecule has 1 aromatic carbocycles. The summed E-state index contributed by atoms with van der Waals surface area (Å²) in [5.41, 5.74) is 22.8. The minimum absolute atomic E-state index is 0.0385. The fraction of sp³-hybridized carbons (Fsp3) is 0.586. The first-order valence-corrected chi connectivity index (χ1v) is 15.5. The molecule has 0 fully saturated rings. The zero-order chi connectivity index (χ0) is 33.9. The number of benzene rings is 1. The third-order valence-electron chi connectivity index (χ3n) is 6.89. The summed E-state index contributed by atoms with van der Waals surface area (Å²) >= 11 is 4.22. The van der Waals surface area contributed by atoms with Crippen LogP contribution >= 0.6 is 12.6 Å². The molecule has 0 aromatic heterocycles. The Balaban J connectivity index is 3.10. The van der Waals surface area contributed by atoms with E-state index in [0.717, 1.165) is 0 Å². The molecule has 0 aliphatic rings. The maximum Gasteiger partial charge on any atom is 0.326 e. The number of thiol groups is 1. The van der Waals surface area contributed by atoms with Crippen molar-refractivity contribution >= 4 is 48.2 Å². The lowest BCUT2D eigenvalue weighted by atomic mass is 10.0. The number of carbonyl (C=O) groups excluding carboxylic acids is 4. The second-order valence-corrected chi connectivity index (χ2v) is 11.3. The van der Waals surface area contributed by atoms with Crippen molar-refractivity contribution < 1.29 is 29.1 Å². The number of hydrogen-bond donors (Lipinski definition) is 10. The molecule has 0 saturated carbocycles. The van der Waals surface area contributed by atoms with Gasteiger partial charge < -0.3 is 49.3 Å². The second kappa shape index (κ2) is 21.0. The highest BCUT2D eigenvalue weighted by Gasteiger charge is 2.31. The van der Waals surface area contributed by atoms with Crippen LogP contribution in [0.2, 0.25) is 0 Å². The van der Waals surface area contributed by atoms with E-state index >= 15 is 0 Å². The predicted octanol–water partition coefficient (Wildman–Crippen LogP) is -1.65. The number of hydrogen-bond acceptors (Lipinski definition) is 9. The Morgan fingerprint density at radius 3 is 1.89 bits per heavy atom. The molecule has 15 nitrogen and oxygen atoms in total. The first-order chi connectivity index (χ1) is 21.3. The fourth-order valence-corrected chi connectivity index (χ4v) is 4.42. The van der Waals surface area contributed by atoms with Gasteiger partial charge in [0.25, 0.3) is 0 Å². The minimum Gasteiger partial charge on any atom is -0.480 e. The standard InChI is InChI=1S/C29H49N9O6S/c1-17(2)23(31)27(42)35-19(11-6-7-13-30)24(39)38-22(16-45)26(41)37-21(15-18-9-4-3-5-10-18)25(40)36-20(28(43)44)12-8-14-34-29(32)33/h3-5,9-10,17,19-23,45H,6-8,11-16,30-31H2,1-2H3,(H,35,42)(H,36,40)(H,37,41)(H,38,39)(H,43,44)(H4,32,33,34)/t19-,20-,21-,22-,23-/m0/s1. The van der Waals surface area contributed by atoms with E-state index in [4.69, 9.17) is 22.9 Å². The maximum atomic E-state index is 13.4. The third-order valence-corrected chi connectivity index (χ3v) is 7.26. The van der Waals surface area contributed by atoms with Crippen LogP contribution in [0, 0.1) is 5.92 Å². The molecule has 0 unspecified atom stereocenters. The van der Waals surface area contributed by atoms with Crippen LogP contribution in [-0.2, 0) is 30.4 Å². The smallest absolute Gasteiger partial charge is 0.326 e. The summed E-state index contributed by atoms with van der Waals surface area (Å²) in [6.45, 7) is 4.14. The molecule has 0 spiro atoms. The van der Waals surface area contributed by atoms with Crippen LogP contribution in [0.5, 0.6) is 0 Å². The molecule has 0 radical (unpaired) electrons. The number of guanidine groups is 1. The van der Waals surface area contributed by atoms with Gasteiger partial charge in [0.1, 0.15) is 24.2 Å². The molecule has 45 heavy (non-hydrogen) atoms. The molecule has 0 bridgehead atoms. The molecule has 13 N–H and O–H groups in total. The molecule has 252 valence electrons. The average Bonchev–Trinajstić information content (AvgIpc) is 2.99. The van der Waals surface area contributed by atoms with Crippen LogP contribution in [0.25, 0.3) is 0 Å². The molecule has 4 amide bonds. The van der Waals surface area contributed by atoms with Gasteiger partial charge >= 0.3 is 5.97 Å². The molecule has 0 heterocycles. The number of amides is 4. The van der Waals surface area contributed by atoms with Crippen molar-refractivity contribution in [2.45, 2.75) is 82.6 Å². The van der Waals surface area contributed by atoms with Crippen molar-refractivity contribution in [3.63, 3.8) is 0 Å². The molecule has 0 saturated heterocycles. The van der Waals surface area contributed by atoms with Gasteiger partial charge in [0, 0.05) is 18.7 Å². The quantitative estimate of drug-likeness (QED) is 0.0313. The normalized spacial score (nSPS) is 14.3. The third kappa shape index (κ3) is 15.1. The highest BCUT2D eigenvalue weighted by atomic mass is 32.1. The fourth-order valence-electron chi connectivity index (χ4n) is 4.16. The van der Waals surface area contributed by atoms with Gasteiger partial charge in [0.2, 0.25) is 23.6 Å². The number of nitrogens with zero attached hydrogens (tertiary/aromatic N) is 1. The van der Waals surface area contributed by atoms with Crippen molar-refractivity contribution in [1.82, 2.24) is 21.3 Å². The first-order valence-electron chi connectivity index (χ1n) is 14.9. The number of carboxylic acids is 1. The van der Waals surface area contributed by atoms with Gasteiger partial charge in [0.05, 0.1) is 6.04 Å². The predicted molar refractivity (Wildman–Crippen MR) is 175 cm³/mol. The van der Waals surface area contributed by atoms with Crippen molar-refractivity contribution in [2.24, 2.45) is 33.8 Å². The lowest BCUT2D eigenvalue weighted by Gasteiger charge is -2.26. The summed E-state index contributed by atoms with van der Waals surface area (Å²) in [6.07, 6.45) is 1.78. The van der Waals surface area contributed by atoms with Crippen LogP contribution in [0.15, 0.2) is 35.3 Å². The van der Waals surface area contributed by atoms with Crippen molar-refractivity contribution in [3.05, 3.63) is 35.9 Å². The monoisotopic (exact) mass is 651 g/mol. The molecular formula is C29H49N9O6S. The molecular weight excluding hydrogens is 602 g/mol. The number of unbranched alkanes of at least 4 members (excludes halogenated alkanes) is 1. The zero-order valence-corrected chi connectivity index (χ0v) is 26.8. The number of nitrogens with one attached hydrogen (secondary N) is 4. The largest absolute Gasteiger partial charge is 0.480 e. The highest BCUT2D eigenvalue weighted by Crippen LogP contribution is 2.08. The van der Waals surface area contributed by atoms with Crippen LogP contribution in [-0.4, -0.2) is 89.7 Å². The Hall–Kier alpha value is -3.89. The van der Waals surface area contributed by atoms with Gasteiger partial charge in [-0.15, -0.1) is 0 Å². The van der Waals surface area contributed by atoms with E-state index in [-0.39, 0.29) is 49.9 Å². The Morgan fingerprint density at radius 1 is 0.800 bits per heavy atom. The van der Waals surface area contributed by atoms with Gasteiger partial charge in [-0.3, -0.25) is 24.2 Å². The first kappa shape index (κ1) is 39.1. The number of carboxylic acid groups (broad SMARTS) is 1. The number of nitrogens with two attached hydrogens (primary N) is 4. The van der Waals surface area contributed by atoms with Crippen molar-refractivity contribution in [3.8, 4) is 0 Å². The van der Waals surface area contributed by atoms with E-state index in [1.165, 1.54) is 0 Å². The maximum absolute atomic E-state index is 13.4. The number of aliphatic carboxylic acids is 1. The van der Waals surface area contributed by atoms with Gasteiger partial charge in [0.15, 0.2) is 5.96 Å². The van der Waals surface area contributed by atoms with Gasteiger partial charge in [-0.25, -0.2) is 4.79 Å². The van der Waals surface area contributed by atoms with E-state index in [2.05, 4.69) is 38.9 Å². The summed E-state index contributed by atoms with van der Waals surface area (Å²) in [7, 11) is 0. The molecule has 16 heteroatoms. The zero-order valence-electron chi connectivity index (χ0n) is 25.9. The van der Waals surface area contributed by atoms with Gasteiger partial charge in [-0.05, 0) is 50.1 Å². The van der Waals surface area contributed by atoms with E-state index in [1.807, 2.05) is 0 Å². The Morgan fingerprint density at radius 2 is 1.33 bits per heavy atom. The van der Waals surface area contributed by atoms with Gasteiger partial charge in [-0.1, -0.05) is 44.2 Å². The molecule has 0 aliphatic heterocycles. The Labute approximate surface area is 269 Å². The lowest BCUT2D eigenvalue weighted by molar-refractivity contribution is -0.142. The average molecular weight is 652 g/mol.